The van der Waals surface area contributed by atoms with E-state index in [1.165, 1.54) is 6.92 Å². The summed E-state index contributed by atoms with van der Waals surface area (Å²) in [5.74, 6) is -2.70. The highest BCUT2D eigenvalue weighted by Gasteiger charge is 2.67. The molecular weight excluding hydrogens is 635 g/mol. The number of carbonyl (C=O) groups excluding carboxylic acids is 4. The molecule has 0 radical (unpaired) electrons. The van der Waals surface area contributed by atoms with Crippen molar-refractivity contribution in [2.45, 2.75) is 36.0 Å². The van der Waals surface area contributed by atoms with Crippen molar-refractivity contribution in [3.8, 4) is 0 Å². The van der Waals surface area contributed by atoms with Crippen molar-refractivity contribution in [1.82, 2.24) is 4.90 Å². The van der Waals surface area contributed by atoms with Crippen LogP contribution in [0.5, 0.6) is 0 Å². The summed E-state index contributed by atoms with van der Waals surface area (Å²) in [6, 6.07) is 2.25. The average Bonchev–Trinajstić information content (AvgIpc) is 3.34. The Kier molecular flexibility index (Phi) is 6.80. The van der Waals surface area contributed by atoms with Gasteiger partial charge in [0.25, 0.3) is 5.91 Å². The number of esters is 1. The summed E-state index contributed by atoms with van der Waals surface area (Å²) in [6.45, 7) is 2.71. The van der Waals surface area contributed by atoms with Crippen LogP contribution in [0.2, 0.25) is 5.02 Å². The van der Waals surface area contributed by atoms with E-state index in [1.54, 1.807) is 19.1 Å². The van der Waals surface area contributed by atoms with Gasteiger partial charge in [0.1, 0.15) is 6.04 Å². The van der Waals surface area contributed by atoms with Crippen LogP contribution >= 0.6 is 59.4 Å². The van der Waals surface area contributed by atoms with Crippen LogP contribution in [0.15, 0.2) is 16.6 Å². The van der Waals surface area contributed by atoms with E-state index in [-0.39, 0.29) is 33.3 Å². The van der Waals surface area contributed by atoms with Gasteiger partial charge in [0, 0.05) is 19.8 Å². The molecule has 1 heterocycles. The van der Waals surface area contributed by atoms with Crippen LogP contribution in [0.1, 0.15) is 18.9 Å². The van der Waals surface area contributed by atoms with Crippen LogP contribution < -0.4 is 5.32 Å². The van der Waals surface area contributed by atoms with Crippen molar-refractivity contribution < 1.29 is 23.9 Å². The standard InChI is InChI=1S/C21H20Br3ClN2O5/c1-7-3-11(22)12(25)5-13(7)26-14(28)6-32-21(31)8(2)27-19(29)15-9-4-10(16(15)20(27)30)18(24)17(9)23/h3,5,8-10,15-18H,4,6H2,1-2H3,(H,26,28)/t8-,9+,10+,15-,16+,17-,18-/m0/s1. The molecule has 3 amide bonds. The maximum absolute atomic E-state index is 13.0. The van der Waals surface area contributed by atoms with Crippen LogP contribution in [0, 0.1) is 30.6 Å². The Morgan fingerprint density at radius 1 is 1.19 bits per heavy atom. The van der Waals surface area contributed by atoms with Gasteiger partial charge in [-0.05, 0) is 65.7 Å². The number of anilines is 1. The number of aryl methyl sites for hydroxylation is 1. The molecule has 3 aliphatic rings. The summed E-state index contributed by atoms with van der Waals surface area (Å²) in [5, 5.41) is 3.07. The largest absolute Gasteiger partial charge is 0.454 e. The van der Waals surface area contributed by atoms with Crippen molar-refractivity contribution >= 4 is 88.8 Å². The highest BCUT2D eigenvalue weighted by molar-refractivity contribution is 9.12. The molecule has 1 aromatic rings. The van der Waals surface area contributed by atoms with E-state index in [2.05, 4.69) is 53.1 Å². The quantitative estimate of drug-likeness (QED) is 0.294. The van der Waals surface area contributed by atoms with E-state index in [1.807, 2.05) is 0 Å². The number of benzene rings is 1. The van der Waals surface area contributed by atoms with Crippen LogP contribution in [0.3, 0.4) is 0 Å². The molecule has 172 valence electrons. The van der Waals surface area contributed by atoms with Crippen LogP contribution in [-0.2, 0) is 23.9 Å². The molecule has 4 rings (SSSR count). The molecule has 0 aromatic heterocycles. The minimum absolute atomic E-state index is 0.0609. The van der Waals surface area contributed by atoms with Crippen LogP contribution in [0.4, 0.5) is 5.69 Å². The Bertz CT molecular complexity index is 989. The Morgan fingerprint density at radius 2 is 1.75 bits per heavy atom. The monoisotopic (exact) mass is 652 g/mol. The van der Waals surface area contributed by atoms with Crippen molar-refractivity contribution in [2.75, 3.05) is 11.9 Å². The molecule has 1 saturated heterocycles. The van der Waals surface area contributed by atoms with E-state index < -0.39 is 36.4 Å². The number of fused-ring (bicyclic) bond motifs is 5. The van der Waals surface area contributed by atoms with Crippen molar-refractivity contribution in [2.24, 2.45) is 23.7 Å². The third-order valence-electron chi connectivity index (χ3n) is 6.64. The molecule has 2 bridgehead atoms. The van der Waals surface area contributed by atoms with Crippen molar-refractivity contribution in [1.29, 1.82) is 0 Å². The first kappa shape index (κ1) is 24.2. The first-order valence-corrected chi connectivity index (χ1v) is 13.1. The minimum atomic E-state index is -1.10. The zero-order chi connectivity index (χ0) is 23.5. The fraction of sp³-hybridized carbons (Fsp3) is 0.524. The second-order valence-corrected chi connectivity index (χ2v) is 11.8. The van der Waals surface area contributed by atoms with Crippen LogP contribution in [-0.4, -0.2) is 50.9 Å². The number of imide groups is 1. The molecule has 7 nitrogen and oxygen atoms in total. The maximum atomic E-state index is 13.0. The second-order valence-electron chi connectivity index (χ2n) is 8.46. The average molecular weight is 656 g/mol. The molecule has 2 saturated carbocycles. The molecule has 0 unspecified atom stereocenters. The summed E-state index contributed by atoms with van der Waals surface area (Å²) in [5.41, 5.74) is 1.27. The lowest BCUT2D eigenvalue weighted by atomic mass is 9.81. The fourth-order valence-electron chi connectivity index (χ4n) is 5.08. The topological polar surface area (TPSA) is 92.8 Å². The second kappa shape index (κ2) is 9.00. The number of halogens is 4. The number of amides is 3. The molecule has 1 aliphatic heterocycles. The molecule has 3 fully saturated rings. The van der Waals surface area contributed by atoms with E-state index in [0.717, 1.165) is 16.9 Å². The number of ether oxygens (including phenoxy) is 1. The lowest BCUT2D eigenvalue weighted by Crippen LogP contribution is -2.45. The predicted molar refractivity (Wildman–Crippen MR) is 129 cm³/mol. The van der Waals surface area contributed by atoms with Gasteiger partial charge in [-0.3, -0.25) is 19.3 Å². The number of hydrogen-bond donors (Lipinski definition) is 1. The highest BCUT2D eigenvalue weighted by atomic mass is 79.9. The van der Waals surface area contributed by atoms with E-state index in [9.17, 15) is 19.2 Å². The number of rotatable bonds is 5. The first-order valence-electron chi connectivity index (χ1n) is 10.1. The molecular formula is C21H20Br3ClN2O5. The van der Waals surface area contributed by atoms with E-state index in [0.29, 0.717) is 15.2 Å². The molecule has 0 spiro atoms. The summed E-state index contributed by atoms with van der Waals surface area (Å²) < 4.78 is 5.82. The van der Waals surface area contributed by atoms with E-state index >= 15 is 0 Å². The molecule has 1 N–H and O–H groups in total. The van der Waals surface area contributed by atoms with Crippen molar-refractivity contribution in [3.63, 3.8) is 0 Å². The van der Waals surface area contributed by atoms with Gasteiger partial charge in [0.2, 0.25) is 11.8 Å². The zero-order valence-electron chi connectivity index (χ0n) is 17.1. The van der Waals surface area contributed by atoms with Gasteiger partial charge >= 0.3 is 5.97 Å². The number of nitrogens with zero attached hydrogens (tertiary/aromatic N) is 1. The Hall–Kier alpha value is -0.970. The van der Waals surface area contributed by atoms with Crippen LogP contribution in [0.25, 0.3) is 0 Å². The van der Waals surface area contributed by atoms with Crippen molar-refractivity contribution in [3.05, 3.63) is 27.2 Å². The number of nitrogens with one attached hydrogen (secondary N) is 1. The van der Waals surface area contributed by atoms with Gasteiger partial charge in [-0.25, -0.2) is 4.79 Å². The molecule has 7 atom stereocenters. The van der Waals surface area contributed by atoms with Gasteiger partial charge in [0.15, 0.2) is 6.61 Å². The van der Waals surface area contributed by atoms with Gasteiger partial charge in [0.05, 0.1) is 16.9 Å². The summed E-state index contributed by atoms with van der Waals surface area (Å²) >= 11 is 16.6. The predicted octanol–water partition coefficient (Wildman–Crippen LogP) is 4.06. The summed E-state index contributed by atoms with van der Waals surface area (Å²) in [4.78, 5) is 52.2. The number of hydrogen-bond acceptors (Lipinski definition) is 5. The fourth-order valence-corrected chi connectivity index (χ4v) is 7.58. The van der Waals surface area contributed by atoms with Gasteiger partial charge in [-0.1, -0.05) is 43.5 Å². The Balaban J connectivity index is 1.37. The normalized spacial score (nSPS) is 31.6. The Labute approximate surface area is 215 Å². The zero-order valence-corrected chi connectivity index (χ0v) is 22.6. The number of likely N-dealkylation sites (tertiary alicyclic amines) is 1. The summed E-state index contributed by atoms with van der Waals surface area (Å²) in [7, 11) is 0. The SMILES string of the molecule is Cc1cc(Br)c(Cl)cc1NC(=O)COC(=O)[C@H](C)N1C(=O)[C@@H]2[C@H]3C[C@@H]([C@H](Br)[C@H]3Br)[C@@H]2C1=O. The first-order chi connectivity index (χ1) is 15.0. The van der Waals surface area contributed by atoms with Gasteiger partial charge in [-0.15, -0.1) is 0 Å². The number of carbonyl (C=O) groups is 4. The smallest absolute Gasteiger partial charge is 0.329 e. The van der Waals surface area contributed by atoms with E-state index in [4.69, 9.17) is 16.3 Å². The minimum Gasteiger partial charge on any atom is -0.454 e. The maximum Gasteiger partial charge on any atom is 0.329 e. The molecule has 11 heteroatoms. The summed E-state index contributed by atoms with van der Waals surface area (Å²) in [6.07, 6.45) is 0.810. The molecule has 2 aliphatic carbocycles. The molecule has 32 heavy (non-hydrogen) atoms. The van der Waals surface area contributed by atoms with Gasteiger partial charge in [-0.2, -0.15) is 0 Å². The lowest BCUT2D eigenvalue weighted by molar-refractivity contribution is -0.159. The third kappa shape index (κ3) is 3.95. The molecule has 1 aromatic carbocycles. The Morgan fingerprint density at radius 3 is 2.31 bits per heavy atom. The number of alkyl halides is 2. The lowest BCUT2D eigenvalue weighted by Gasteiger charge is -2.28. The van der Waals surface area contributed by atoms with Gasteiger partial charge < -0.3 is 10.1 Å². The third-order valence-corrected chi connectivity index (χ3v) is 11.0. The highest BCUT2D eigenvalue weighted by Crippen LogP contribution is 2.60.